The topological polar surface area (TPSA) is 35.5 Å². The summed E-state index contributed by atoms with van der Waals surface area (Å²) in [6, 6.07) is 0. The number of nitrogens with one attached hydrogen (secondary N) is 1. The normalized spacial score (nSPS) is 24.7. The van der Waals surface area contributed by atoms with E-state index in [0.29, 0.717) is 0 Å². The Labute approximate surface area is 55.7 Å². The molecule has 1 aliphatic rings. The molecule has 1 aliphatic heterocycles. The van der Waals surface area contributed by atoms with Gasteiger partial charge in [0.2, 0.25) is 0 Å². The van der Waals surface area contributed by atoms with Gasteiger partial charge in [0, 0.05) is 26.3 Å². The Hall–Kier alpha value is -0.120. The van der Waals surface area contributed by atoms with Crippen LogP contribution in [-0.2, 0) is 0 Å². The number of rotatable bonds is 2. The van der Waals surface area contributed by atoms with Gasteiger partial charge in [-0.3, -0.25) is 4.90 Å². The van der Waals surface area contributed by atoms with Crippen molar-refractivity contribution < 1.29 is 5.11 Å². The first kappa shape index (κ1) is 6.99. The molecule has 0 saturated carbocycles. The summed E-state index contributed by atoms with van der Waals surface area (Å²) in [5.41, 5.74) is 0. The minimum Gasteiger partial charge on any atom is -0.392 e. The van der Waals surface area contributed by atoms with Crippen LogP contribution in [0.3, 0.4) is 0 Å². The molecule has 3 nitrogen and oxygen atoms in total. The lowest BCUT2D eigenvalue weighted by atomic mass is 10.4. The number of aliphatic hydroxyl groups excluding tert-OH is 1. The van der Waals surface area contributed by atoms with E-state index < -0.39 is 0 Å². The fraction of sp³-hybridized carbons (Fsp3) is 1.00. The second kappa shape index (κ2) is 3.15. The van der Waals surface area contributed by atoms with E-state index in [-0.39, 0.29) is 6.10 Å². The lowest BCUT2D eigenvalue weighted by Gasteiger charge is -2.14. The van der Waals surface area contributed by atoms with E-state index in [0.717, 1.165) is 26.3 Å². The summed E-state index contributed by atoms with van der Waals surface area (Å²) in [6.07, 6.45) is -0.190. The maximum Gasteiger partial charge on any atom is 0.0639 e. The van der Waals surface area contributed by atoms with Crippen molar-refractivity contribution in [1.29, 1.82) is 0 Å². The van der Waals surface area contributed by atoms with Crippen LogP contribution in [0.2, 0.25) is 0 Å². The Bertz CT molecular complexity index is 79.1. The van der Waals surface area contributed by atoms with E-state index >= 15 is 0 Å². The molecule has 9 heavy (non-hydrogen) atoms. The Morgan fingerprint density at radius 2 is 2.56 bits per heavy atom. The third-order valence-corrected chi connectivity index (χ3v) is 1.46. The van der Waals surface area contributed by atoms with Crippen molar-refractivity contribution >= 4 is 0 Å². The Balaban J connectivity index is 2.11. The minimum atomic E-state index is -0.190. The second-order valence-corrected chi connectivity index (χ2v) is 2.58. The first-order valence-electron chi connectivity index (χ1n) is 3.40. The number of hydrogen-bond donors (Lipinski definition) is 2. The van der Waals surface area contributed by atoms with Crippen molar-refractivity contribution in [2.75, 3.05) is 26.3 Å². The summed E-state index contributed by atoms with van der Waals surface area (Å²) in [6.45, 7) is 5.69. The minimum absolute atomic E-state index is 0.190. The molecule has 0 aromatic rings. The molecule has 3 heteroatoms. The average Bonchev–Trinajstić information content (AvgIpc) is 2.15. The van der Waals surface area contributed by atoms with Gasteiger partial charge in [-0.25, -0.2) is 0 Å². The monoisotopic (exact) mass is 130 g/mol. The van der Waals surface area contributed by atoms with Crippen LogP contribution < -0.4 is 5.32 Å². The highest BCUT2D eigenvalue weighted by molar-refractivity contribution is 4.67. The van der Waals surface area contributed by atoms with Gasteiger partial charge in [-0.2, -0.15) is 0 Å². The van der Waals surface area contributed by atoms with Crippen molar-refractivity contribution in [3.63, 3.8) is 0 Å². The number of β-amino-alcohol motifs (C(OH)–C–C–N with tert-alkyl or cyclic N) is 1. The Morgan fingerprint density at radius 3 is 3.00 bits per heavy atom. The molecular formula is C6H14N2O. The molecule has 2 N–H and O–H groups in total. The van der Waals surface area contributed by atoms with Gasteiger partial charge in [-0.05, 0) is 6.92 Å². The largest absolute Gasteiger partial charge is 0.392 e. The average molecular weight is 130 g/mol. The van der Waals surface area contributed by atoms with Gasteiger partial charge >= 0.3 is 0 Å². The van der Waals surface area contributed by atoms with Gasteiger partial charge < -0.3 is 10.4 Å². The summed E-state index contributed by atoms with van der Waals surface area (Å²) in [5, 5.41) is 12.1. The lowest BCUT2D eigenvalue weighted by molar-refractivity contribution is 0.140. The highest BCUT2D eigenvalue weighted by Gasteiger charge is 2.11. The third kappa shape index (κ3) is 2.30. The summed E-state index contributed by atoms with van der Waals surface area (Å²) < 4.78 is 0. The molecule has 1 unspecified atom stereocenters. The molecule has 0 amide bonds. The first-order valence-corrected chi connectivity index (χ1v) is 3.40. The number of aliphatic hydroxyl groups is 1. The van der Waals surface area contributed by atoms with Crippen LogP contribution in [-0.4, -0.2) is 42.4 Å². The molecular weight excluding hydrogens is 116 g/mol. The van der Waals surface area contributed by atoms with Crippen LogP contribution in [0.25, 0.3) is 0 Å². The molecule has 0 aliphatic carbocycles. The van der Waals surface area contributed by atoms with Crippen LogP contribution in [0.5, 0.6) is 0 Å². The first-order chi connectivity index (χ1) is 4.29. The molecule has 1 rings (SSSR count). The van der Waals surface area contributed by atoms with E-state index in [2.05, 4.69) is 10.2 Å². The van der Waals surface area contributed by atoms with E-state index in [4.69, 9.17) is 5.11 Å². The third-order valence-electron chi connectivity index (χ3n) is 1.46. The fourth-order valence-electron chi connectivity index (χ4n) is 1.08. The lowest BCUT2D eigenvalue weighted by Crippen LogP contribution is -2.29. The van der Waals surface area contributed by atoms with E-state index in [1.807, 2.05) is 6.92 Å². The van der Waals surface area contributed by atoms with Gasteiger partial charge in [0.15, 0.2) is 0 Å². The van der Waals surface area contributed by atoms with Crippen molar-refractivity contribution in [3.8, 4) is 0 Å². The molecule has 0 spiro atoms. The highest BCUT2D eigenvalue weighted by atomic mass is 16.3. The standard InChI is InChI=1S/C6H14N2O/c1-6(9)4-8-3-2-7-5-8/h6-7,9H,2-5H2,1H3. The Kier molecular flexibility index (Phi) is 2.45. The summed E-state index contributed by atoms with van der Waals surface area (Å²) in [4.78, 5) is 2.20. The van der Waals surface area contributed by atoms with E-state index in [1.165, 1.54) is 0 Å². The van der Waals surface area contributed by atoms with E-state index in [1.54, 1.807) is 0 Å². The Morgan fingerprint density at radius 1 is 1.78 bits per heavy atom. The zero-order chi connectivity index (χ0) is 6.69. The predicted octanol–water partition coefficient (Wildman–Crippen LogP) is -0.770. The van der Waals surface area contributed by atoms with Gasteiger partial charge in [0.25, 0.3) is 0 Å². The van der Waals surface area contributed by atoms with Crippen LogP contribution in [0.1, 0.15) is 6.92 Å². The molecule has 1 heterocycles. The van der Waals surface area contributed by atoms with Gasteiger partial charge in [-0.1, -0.05) is 0 Å². The molecule has 0 aromatic carbocycles. The van der Waals surface area contributed by atoms with Crippen molar-refractivity contribution in [2.45, 2.75) is 13.0 Å². The van der Waals surface area contributed by atoms with Crippen LogP contribution in [0.4, 0.5) is 0 Å². The fourth-order valence-corrected chi connectivity index (χ4v) is 1.08. The molecule has 1 saturated heterocycles. The van der Waals surface area contributed by atoms with Crippen LogP contribution in [0, 0.1) is 0 Å². The molecule has 1 atom stereocenters. The van der Waals surface area contributed by atoms with Crippen molar-refractivity contribution in [1.82, 2.24) is 10.2 Å². The molecule has 1 fully saturated rings. The summed E-state index contributed by atoms with van der Waals surface area (Å²) >= 11 is 0. The molecule has 0 radical (unpaired) electrons. The van der Waals surface area contributed by atoms with E-state index in [9.17, 15) is 0 Å². The van der Waals surface area contributed by atoms with Crippen LogP contribution in [0.15, 0.2) is 0 Å². The SMILES string of the molecule is CC(O)CN1CCNC1. The summed E-state index contributed by atoms with van der Waals surface area (Å²) in [5.74, 6) is 0. The molecule has 0 bridgehead atoms. The van der Waals surface area contributed by atoms with Crippen molar-refractivity contribution in [2.24, 2.45) is 0 Å². The van der Waals surface area contributed by atoms with Gasteiger partial charge in [-0.15, -0.1) is 0 Å². The quantitative estimate of drug-likeness (QED) is 0.515. The zero-order valence-corrected chi connectivity index (χ0v) is 5.80. The van der Waals surface area contributed by atoms with Crippen LogP contribution >= 0.6 is 0 Å². The zero-order valence-electron chi connectivity index (χ0n) is 5.80. The maximum absolute atomic E-state index is 8.94. The second-order valence-electron chi connectivity index (χ2n) is 2.58. The molecule has 54 valence electrons. The highest BCUT2D eigenvalue weighted by Crippen LogP contribution is 1.93. The van der Waals surface area contributed by atoms with Gasteiger partial charge in [0.1, 0.15) is 0 Å². The smallest absolute Gasteiger partial charge is 0.0639 e. The number of hydrogen-bond acceptors (Lipinski definition) is 3. The predicted molar refractivity (Wildman–Crippen MR) is 36.1 cm³/mol. The molecule has 0 aromatic heterocycles. The van der Waals surface area contributed by atoms with Gasteiger partial charge in [0.05, 0.1) is 6.10 Å². The maximum atomic E-state index is 8.94. The summed E-state index contributed by atoms with van der Waals surface area (Å²) in [7, 11) is 0. The number of nitrogens with zero attached hydrogens (tertiary/aromatic N) is 1. The van der Waals surface area contributed by atoms with Crippen molar-refractivity contribution in [3.05, 3.63) is 0 Å².